The minimum absolute atomic E-state index is 0.0829. The fourth-order valence-corrected chi connectivity index (χ4v) is 2.76. The Morgan fingerprint density at radius 2 is 1.57 bits per heavy atom. The Morgan fingerprint density at radius 1 is 1.07 bits per heavy atom. The number of Topliss-reactive ketones (excluding diaryl/α,β-unsaturated/α-hetero) is 1. The van der Waals surface area contributed by atoms with Gasteiger partial charge in [-0.15, -0.1) is 11.8 Å². The average Bonchev–Trinajstić information content (AvgIpc) is 2.69. The third kappa shape index (κ3) is 7.43. The van der Waals surface area contributed by atoms with Gasteiger partial charge in [-0.25, -0.2) is 4.39 Å². The number of carbonyl (C=O) groups is 1. The molecule has 28 heavy (non-hydrogen) atoms. The number of aliphatic imine (C=N–C) groups is 1. The monoisotopic (exact) mass is 399 g/mol. The average molecular weight is 400 g/mol. The lowest BCUT2D eigenvalue weighted by atomic mass is 9.93. The highest BCUT2D eigenvalue weighted by Crippen LogP contribution is 2.28. The smallest absolute Gasteiger partial charge is 0.161 e. The molecule has 4 heteroatoms. The van der Waals surface area contributed by atoms with Crippen LogP contribution in [0.3, 0.4) is 0 Å². The summed E-state index contributed by atoms with van der Waals surface area (Å²) in [6, 6.07) is 13.9. The fraction of sp³-hybridized carbons (Fsp3) is 0.333. The second kappa shape index (κ2) is 12.3. The van der Waals surface area contributed by atoms with E-state index < -0.39 is 0 Å². The van der Waals surface area contributed by atoms with Crippen LogP contribution < -0.4 is 0 Å². The van der Waals surface area contributed by atoms with Gasteiger partial charge in [-0.05, 0) is 54.5 Å². The molecule has 0 unspecified atom stereocenters. The minimum atomic E-state index is -0.327. The molecule has 0 saturated heterocycles. The van der Waals surface area contributed by atoms with Gasteiger partial charge < -0.3 is 0 Å². The van der Waals surface area contributed by atoms with Crippen molar-refractivity contribution in [3.05, 3.63) is 65.5 Å². The molecule has 2 aromatic rings. The number of carbonyl (C=O) groups excluding carboxylic acids is 1. The van der Waals surface area contributed by atoms with Crippen molar-refractivity contribution in [3.8, 4) is 0 Å². The van der Waals surface area contributed by atoms with Crippen LogP contribution in [0, 0.1) is 11.7 Å². The maximum atomic E-state index is 13.2. The fourth-order valence-electron chi connectivity index (χ4n) is 2.35. The maximum Gasteiger partial charge on any atom is 0.161 e. The van der Waals surface area contributed by atoms with Crippen LogP contribution in [0.5, 0.6) is 0 Å². The first-order valence-corrected chi connectivity index (χ1v) is 10.6. The van der Waals surface area contributed by atoms with Gasteiger partial charge >= 0.3 is 0 Å². The van der Waals surface area contributed by atoms with Gasteiger partial charge in [0.25, 0.3) is 0 Å². The van der Waals surface area contributed by atoms with Crippen molar-refractivity contribution in [1.82, 2.24) is 0 Å². The summed E-state index contributed by atoms with van der Waals surface area (Å²) in [5.41, 5.74) is 2.86. The van der Waals surface area contributed by atoms with Gasteiger partial charge in [0.05, 0.1) is 0 Å². The molecule has 0 spiro atoms. The third-order valence-electron chi connectivity index (χ3n) is 4.23. The normalized spacial score (nSPS) is 11.9. The molecule has 0 aliphatic carbocycles. The number of hydrogen-bond acceptors (Lipinski definition) is 3. The zero-order valence-electron chi connectivity index (χ0n) is 17.6. The van der Waals surface area contributed by atoms with Crippen LogP contribution in [0.25, 0.3) is 11.1 Å². The highest BCUT2D eigenvalue weighted by molar-refractivity contribution is 7.98. The van der Waals surface area contributed by atoms with E-state index in [2.05, 4.69) is 25.8 Å². The standard InChI is InChI=1S/C19H18FNOS.C5H12/c1-13(22)19(15-4-8-16(20)9-5-15)18(12-21-2)14-6-10-17(23-3)11-7-14;1-4-5(2)3/h4-12H,1-3H3;5H,4H2,1-3H3/b19-18-,21-12?;. The Morgan fingerprint density at radius 3 is 1.96 bits per heavy atom. The Balaban J connectivity index is 0.000000696. The van der Waals surface area contributed by atoms with E-state index in [9.17, 15) is 9.18 Å². The first-order chi connectivity index (χ1) is 13.3. The molecule has 0 fully saturated rings. The van der Waals surface area contributed by atoms with Crippen LogP contribution in [0.2, 0.25) is 0 Å². The van der Waals surface area contributed by atoms with Crippen molar-refractivity contribution in [3.63, 3.8) is 0 Å². The maximum absolute atomic E-state index is 13.2. The molecule has 2 aromatic carbocycles. The molecule has 0 heterocycles. The van der Waals surface area contributed by atoms with Gasteiger partial charge in [-0.3, -0.25) is 9.79 Å². The number of hydrogen-bond donors (Lipinski definition) is 0. The van der Waals surface area contributed by atoms with Crippen molar-refractivity contribution < 1.29 is 9.18 Å². The van der Waals surface area contributed by atoms with Crippen molar-refractivity contribution in [2.24, 2.45) is 10.9 Å². The highest BCUT2D eigenvalue weighted by Gasteiger charge is 2.15. The van der Waals surface area contributed by atoms with Crippen molar-refractivity contribution in [2.75, 3.05) is 13.3 Å². The summed E-state index contributed by atoms with van der Waals surface area (Å²) in [6.07, 6.45) is 4.99. The first kappa shape index (κ1) is 23.8. The van der Waals surface area contributed by atoms with Gasteiger partial charge in [-0.2, -0.15) is 0 Å². The number of halogens is 1. The topological polar surface area (TPSA) is 29.4 Å². The predicted molar refractivity (Wildman–Crippen MR) is 122 cm³/mol. The summed E-state index contributed by atoms with van der Waals surface area (Å²) < 4.78 is 13.2. The second-order valence-corrected chi connectivity index (χ2v) is 7.65. The minimum Gasteiger partial charge on any atom is -0.296 e. The molecule has 0 bridgehead atoms. The van der Waals surface area contributed by atoms with E-state index in [1.54, 1.807) is 37.2 Å². The highest BCUT2D eigenvalue weighted by atomic mass is 32.2. The molecule has 0 aliphatic heterocycles. The quantitative estimate of drug-likeness (QED) is 0.231. The molecular weight excluding hydrogens is 369 g/mol. The van der Waals surface area contributed by atoms with Crippen molar-refractivity contribution in [1.29, 1.82) is 0 Å². The van der Waals surface area contributed by atoms with Crippen LogP contribution >= 0.6 is 11.8 Å². The van der Waals surface area contributed by atoms with E-state index in [1.165, 1.54) is 25.5 Å². The number of allylic oxidation sites excluding steroid dienone is 2. The molecule has 2 nitrogen and oxygen atoms in total. The molecular formula is C24H30FNOS. The predicted octanol–water partition coefficient (Wildman–Crippen LogP) is 6.80. The number of nitrogens with zero attached hydrogens (tertiary/aromatic N) is 1. The molecule has 150 valence electrons. The molecule has 0 aliphatic rings. The van der Waals surface area contributed by atoms with E-state index >= 15 is 0 Å². The van der Waals surface area contributed by atoms with Gasteiger partial charge in [0.2, 0.25) is 0 Å². The number of rotatable bonds is 6. The summed E-state index contributed by atoms with van der Waals surface area (Å²) in [5, 5.41) is 0. The summed E-state index contributed by atoms with van der Waals surface area (Å²) in [5.74, 6) is 0.474. The Bertz CT molecular complexity index is 806. The van der Waals surface area contributed by atoms with Gasteiger partial charge in [0, 0.05) is 29.3 Å². The Hall–Kier alpha value is -2.20. The summed E-state index contributed by atoms with van der Waals surface area (Å²) in [7, 11) is 1.67. The molecule has 0 N–H and O–H groups in total. The van der Waals surface area contributed by atoms with E-state index in [1.807, 2.05) is 30.5 Å². The Labute approximate surface area is 173 Å². The van der Waals surface area contributed by atoms with Crippen LogP contribution in [-0.2, 0) is 4.79 Å². The summed E-state index contributed by atoms with van der Waals surface area (Å²) in [6.45, 7) is 8.16. The third-order valence-corrected chi connectivity index (χ3v) is 4.97. The Kier molecular flexibility index (Phi) is 10.5. The summed E-state index contributed by atoms with van der Waals surface area (Å²) in [4.78, 5) is 17.5. The molecule has 0 aromatic heterocycles. The largest absolute Gasteiger partial charge is 0.296 e. The molecule has 0 radical (unpaired) electrons. The van der Waals surface area contributed by atoms with E-state index in [-0.39, 0.29) is 11.6 Å². The lowest BCUT2D eigenvalue weighted by Gasteiger charge is -2.11. The van der Waals surface area contributed by atoms with Gasteiger partial charge in [-0.1, -0.05) is 51.5 Å². The van der Waals surface area contributed by atoms with E-state index in [4.69, 9.17) is 0 Å². The molecule has 0 atom stereocenters. The SMILES string of the molecule is CCC(C)C.CN=C/C(=C(\C(C)=O)c1ccc(F)cc1)c1ccc(SC)cc1. The number of thioether (sulfide) groups is 1. The van der Waals surface area contributed by atoms with Crippen LogP contribution in [0.15, 0.2) is 58.4 Å². The van der Waals surface area contributed by atoms with E-state index in [0.29, 0.717) is 11.1 Å². The van der Waals surface area contributed by atoms with Gasteiger partial charge in [0.1, 0.15) is 5.82 Å². The number of benzene rings is 2. The molecule has 0 amide bonds. The van der Waals surface area contributed by atoms with Crippen molar-refractivity contribution >= 4 is 34.9 Å². The molecule has 0 saturated carbocycles. The second-order valence-electron chi connectivity index (χ2n) is 6.77. The summed E-state index contributed by atoms with van der Waals surface area (Å²) >= 11 is 1.66. The van der Waals surface area contributed by atoms with Gasteiger partial charge in [0.15, 0.2) is 5.78 Å². The van der Waals surface area contributed by atoms with Crippen LogP contribution in [-0.4, -0.2) is 25.3 Å². The first-order valence-electron chi connectivity index (χ1n) is 9.41. The zero-order valence-corrected chi connectivity index (χ0v) is 18.4. The lowest BCUT2D eigenvalue weighted by molar-refractivity contribution is -0.111. The van der Waals surface area contributed by atoms with E-state index in [0.717, 1.165) is 21.9 Å². The lowest BCUT2D eigenvalue weighted by Crippen LogP contribution is -2.02. The van der Waals surface area contributed by atoms with Crippen LogP contribution in [0.1, 0.15) is 45.2 Å². The van der Waals surface area contributed by atoms with Crippen LogP contribution in [0.4, 0.5) is 4.39 Å². The van der Waals surface area contributed by atoms with Crippen molar-refractivity contribution in [2.45, 2.75) is 39.0 Å². The molecule has 2 rings (SSSR count). The zero-order chi connectivity index (χ0) is 21.1. The number of ketones is 1.